The summed E-state index contributed by atoms with van der Waals surface area (Å²) in [5.41, 5.74) is 0.354. The molecule has 0 heterocycles. The quantitative estimate of drug-likeness (QED) is 0.764. The van der Waals surface area contributed by atoms with Crippen molar-refractivity contribution in [1.29, 1.82) is 0 Å². The molecule has 1 unspecified atom stereocenters. The molecule has 2 rings (SSSR count). The van der Waals surface area contributed by atoms with Gasteiger partial charge in [0.25, 0.3) is 0 Å². The first-order valence-corrected chi connectivity index (χ1v) is 7.71. The summed E-state index contributed by atoms with van der Waals surface area (Å²) in [5.74, 6) is -0.448. The third-order valence-electron chi connectivity index (χ3n) is 4.09. The van der Waals surface area contributed by atoms with Crippen molar-refractivity contribution < 1.29 is 9.47 Å². The lowest BCUT2D eigenvalue weighted by molar-refractivity contribution is -0.227. The van der Waals surface area contributed by atoms with Crippen molar-refractivity contribution in [3.63, 3.8) is 0 Å². The average molecular weight is 280 g/mol. The molecule has 1 saturated carbocycles. The summed E-state index contributed by atoms with van der Waals surface area (Å²) < 4.78 is 11.5. The maximum Gasteiger partial charge on any atom is 0.179 e. The molecule has 0 aliphatic heterocycles. The average Bonchev–Trinajstić information content (AvgIpc) is 2.40. The number of rotatable bonds is 4. The Kier molecular flexibility index (Phi) is 4.59. The highest BCUT2D eigenvalue weighted by atomic mass is 32.2. The van der Waals surface area contributed by atoms with Gasteiger partial charge in [-0.15, -0.1) is 11.8 Å². The largest absolute Gasteiger partial charge is 0.352 e. The van der Waals surface area contributed by atoms with Crippen LogP contribution in [0.5, 0.6) is 0 Å². The van der Waals surface area contributed by atoms with Gasteiger partial charge in [-0.1, -0.05) is 32.0 Å². The molecule has 1 atom stereocenters. The molecule has 0 N–H and O–H groups in total. The number of thioether (sulfide) groups is 1. The van der Waals surface area contributed by atoms with E-state index >= 15 is 0 Å². The van der Waals surface area contributed by atoms with E-state index in [1.165, 1.54) is 4.90 Å². The van der Waals surface area contributed by atoms with E-state index in [0.29, 0.717) is 10.7 Å². The van der Waals surface area contributed by atoms with E-state index < -0.39 is 5.79 Å². The molecule has 0 amide bonds. The number of ether oxygens (including phenoxy) is 2. The molecule has 1 fully saturated rings. The zero-order chi connectivity index (χ0) is 13.9. The van der Waals surface area contributed by atoms with Crippen LogP contribution < -0.4 is 0 Å². The molecule has 0 saturated heterocycles. The fourth-order valence-electron chi connectivity index (χ4n) is 2.78. The van der Waals surface area contributed by atoms with Gasteiger partial charge in [0.1, 0.15) is 0 Å². The molecule has 1 aromatic rings. The van der Waals surface area contributed by atoms with Gasteiger partial charge < -0.3 is 9.47 Å². The van der Waals surface area contributed by atoms with Gasteiger partial charge in [-0.25, -0.2) is 0 Å². The maximum atomic E-state index is 5.76. The Hall–Kier alpha value is -0.510. The number of benzene rings is 1. The highest BCUT2D eigenvalue weighted by molar-refractivity contribution is 8.00. The van der Waals surface area contributed by atoms with Gasteiger partial charge in [-0.2, -0.15) is 0 Å². The van der Waals surface area contributed by atoms with Crippen LogP contribution >= 0.6 is 11.8 Å². The Morgan fingerprint density at radius 3 is 2.26 bits per heavy atom. The van der Waals surface area contributed by atoms with Crippen molar-refractivity contribution in [2.75, 3.05) is 14.2 Å². The second-order valence-electron chi connectivity index (χ2n) is 6.01. The van der Waals surface area contributed by atoms with Crippen LogP contribution in [0, 0.1) is 5.41 Å². The van der Waals surface area contributed by atoms with Crippen LogP contribution in [0.2, 0.25) is 0 Å². The number of hydrogen-bond donors (Lipinski definition) is 0. The summed E-state index contributed by atoms with van der Waals surface area (Å²) in [4.78, 5) is 1.28. The normalized spacial score (nSPS) is 25.2. The number of hydrogen-bond acceptors (Lipinski definition) is 3. The highest BCUT2D eigenvalue weighted by Gasteiger charge is 2.47. The lowest BCUT2D eigenvalue weighted by Crippen LogP contribution is -2.50. The van der Waals surface area contributed by atoms with Crippen molar-refractivity contribution >= 4 is 11.8 Å². The summed E-state index contributed by atoms with van der Waals surface area (Å²) in [5, 5.41) is 0.327. The second-order valence-corrected chi connectivity index (χ2v) is 7.28. The van der Waals surface area contributed by atoms with Crippen molar-refractivity contribution in [2.45, 2.75) is 49.0 Å². The van der Waals surface area contributed by atoms with Crippen molar-refractivity contribution in [3.05, 3.63) is 30.3 Å². The zero-order valence-electron chi connectivity index (χ0n) is 12.3. The van der Waals surface area contributed by atoms with Crippen LogP contribution in [0.4, 0.5) is 0 Å². The smallest absolute Gasteiger partial charge is 0.179 e. The predicted octanol–water partition coefficient (Wildman–Crippen LogP) is 4.35. The monoisotopic (exact) mass is 280 g/mol. The topological polar surface area (TPSA) is 18.5 Å². The van der Waals surface area contributed by atoms with Crippen LogP contribution in [0.25, 0.3) is 0 Å². The Balaban J connectivity index is 2.21. The van der Waals surface area contributed by atoms with E-state index in [0.717, 1.165) is 19.3 Å². The van der Waals surface area contributed by atoms with E-state index in [9.17, 15) is 0 Å². The molecule has 0 aromatic heterocycles. The fourth-order valence-corrected chi connectivity index (χ4v) is 4.45. The predicted molar refractivity (Wildman–Crippen MR) is 80.5 cm³/mol. The van der Waals surface area contributed by atoms with Gasteiger partial charge in [0.15, 0.2) is 5.79 Å². The standard InChI is InChI=1S/C16H24O2S/c1-15(2)10-11-16(17-3,18-4)14(12-15)19-13-8-6-5-7-9-13/h5-9,14H,10-12H2,1-4H3. The van der Waals surface area contributed by atoms with Gasteiger partial charge in [0.05, 0.1) is 5.25 Å². The molecule has 0 bridgehead atoms. The molecule has 0 radical (unpaired) electrons. The third kappa shape index (κ3) is 3.33. The van der Waals surface area contributed by atoms with Crippen LogP contribution in [-0.4, -0.2) is 25.3 Å². The van der Waals surface area contributed by atoms with E-state index in [1.807, 2.05) is 11.8 Å². The molecule has 2 nitrogen and oxygen atoms in total. The number of methoxy groups -OCH3 is 2. The van der Waals surface area contributed by atoms with Gasteiger partial charge in [0.2, 0.25) is 0 Å². The minimum Gasteiger partial charge on any atom is -0.352 e. The molecule has 1 aliphatic rings. The van der Waals surface area contributed by atoms with E-state index in [2.05, 4.69) is 44.2 Å². The van der Waals surface area contributed by atoms with Crippen LogP contribution in [0.1, 0.15) is 33.1 Å². The Morgan fingerprint density at radius 2 is 1.68 bits per heavy atom. The molecule has 3 heteroatoms. The van der Waals surface area contributed by atoms with E-state index in [1.54, 1.807) is 14.2 Å². The third-order valence-corrected chi connectivity index (χ3v) is 5.45. The molecule has 1 aliphatic carbocycles. The highest BCUT2D eigenvalue weighted by Crippen LogP contribution is 2.48. The Labute approximate surface area is 120 Å². The van der Waals surface area contributed by atoms with Gasteiger partial charge in [-0.3, -0.25) is 0 Å². The Bertz CT molecular complexity index is 398. The molecule has 1 aromatic carbocycles. The molecule has 0 spiro atoms. The van der Waals surface area contributed by atoms with E-state index in [4.69, 9.17) is 9.47 Å². The first kappa shape index (κ1) is 14.9. The van der Waals surface area contributed by atoms with Crippen molar-refractivity contribution in [2.24, 2.45) is 5.41 Å². The van der Waals surface area contributed by atoms with Gasteiger partial charge in [0, 0.05) is 25.5 Å². The Morgan fingerprint density at radius 1 is 1.05 bits per heavy atom. The molecule has 19 heavy (non-hydrogen) atoms. The maximum absolute atomic E-state index is 5.76. The van der Waals surface area contributed by atoms with E-state index in [-0.39, 0.29) is 0 Å². The first-order valence-electron chi connectivity index (χ1n) is 6.83. The van der Waals surface area contributed by atoms with Gasteiger partial charge in [-0.05, 0) is 30.4 Å². The first-order chi connectivity index (χ1) is 9.01. The summed E-state index contributed by atoms with van der Waals surface area (Å²) in [6.45, 7) is 4.67. The molecular formula is C16H24O2S. The lowest BCUT2D eigenvalue weighted by atomic mass is 9.74. The summed E-state index contributed by atoms with van der Waals surface area (Å²) in [6.07, 6.45) is 3.20. The van der Waals surface area contributed by atoms with Crippen LogP contribution in [0.15, 0.2) is 35.2 Å². The summed E-state index contributed by atoms with van der Waals surface area (Å²) >= 11 is 1.87. The summed E-state index contributed by atoms with van der Waals surface area (Å²) in [6, 6.07) is 10.5. The van der Waals surface area contributed by atoms with Crippen molar-refractivity contribution in [1.82, 2.24) is 0 Å². The summed E-state index contributed by atoms with van der Waals surface area (Å²) in [7, 11) is 3.53. The zero-order valence-corrected chi connectivity index (χ0v) is 13.1. The second kappa shape index (κ2) is 5.86. The SMILES string of the molecule is COC1(OC)CCC(C)(C)CC1Sc1ccccc1. The minimum absolute atomic E-state index is 0.327. The lowest BCUT2D eigenvalue weighted by Gasteiger charge is -2.47. The fraction of sp³-hybridized carbons (Fsp3) is 0.625. The minimum atomic E-state index is -0.448. The molecular weight excluding hydrogens is 256 g/mol. The van der Waals surface area contributed by atoms with Crippen molar-refractivity contribution in [3.8, 4) is 0 Å². The molecule has 106 valence electrons. The van der Waals surface area contributed by atoms with Gasteiger partial charge >= 0.3 is 0 Å². The van der Waals surface area contributed by atoms with Crippen LogP contribution in [0.3, 0.4) is 0 Å². The van der Waals surface area contributed by atoms with Crippen LogP contribution in [-0.2, 0) is 9.47 Å².